The number of hydrogen-bond donors (Lipinski definition) is 1. The topological polar surface area (TPSA) is 50.8 Å². The number of benzene rings is 1. The fourth-order valence-corrected chi connectivity index (χ4v) is 4.72. The van der Waals surface area contributed by atoms with Crippen LogP contribution in [0.15, 0.2) is 24.3 Å². The lowest BCUT2D eigenvalue weighted by atomic mass is 9.95. The zero-order valence-corrected chi connectivity index (χ0v) is 14.4. The summed E-state index contributed by atoms with van der Waals surface area (Å²) in [5, 5.41) is 3.14. The molecule has 5 nitrogen and oxygen atoms in total. The molecule has 1 aromatic carbocycles. The van der Waals surface area contributed by atoms with E-state index in [1.165, 1.54) is 0 Å². The minimum atomic E-state index is -0.0339. The van der Waals surface area contributed by atoms with E-state index in [0.29, 0.717) is 17.9 Å². The molecule has 126 valence electrons. The van der Waals surface area contributed by atoms with Crippen molar-refractivity contribution >= 4 is 17.7 Å². The van der Waals surface area contributed by atoms with Crippen LogP contribution in [0.25, 0.3) is 0 Å². The maximum absolute atomic E-state index is 12.5. The molecule has 2 aliphatic heterocycles. The van der Waals surface area contributed by atoms with Crippen LogP contribution in [0.1, 0.15) is 16.8 Å². The Morgan fingerprint density at radius 1 is 1.43 bits per heavy atom. The van der Waals surface area contributed by atoms with E-state index in [0.717, 1.165) is 44.2 Å². The summed E-state index contributed by atoms with van der Waals surface area (Å²) in [6, 6.07) is 7.29. The Bertz CT molecular complexity index is 540. The van der Waals surface area contributed by atoms with E-state index in [1.807, 2.05) is 30.0 Å². The van der Waals surface area contributed by atoms with Gasteiger partial charge in [0.05, 0.1) is 20.3 Å². The molecule has 2 saturated heterocycles. The Balaban J connectivity index is 1.65. The Morgan fingerprint density at radius 2 is 2.26 bits per heavy atom. The van der Waals surface area contributed by atoms with Gasteiger partial charge in [-0.3, -0.25) is 9.69 Å². The molecule has 0 radical (unpaired) electrons. The van der Waals surface area contributed by atoms with Gasteiger partial charge in [0.15, 0.2) is 0 Å². The highest BCUT2D eigenvalue weighted by Gasteiger charge is 2.40. The van der Waals surface area contributed by atoms with Gasteiger partial charge in [0.1, 0.15) is 5.75 Å². The molecule has 0 spiro atoms. The van der Waals surface area contributed by atoms with Crippen molar-refractivity contribution in [2.24, 2.45) is 0 Å². The summed E-state index contributed by atoms with van der Waals surface area (Å²) >= 11 is 1.97. The highest BCUT2D eigenvalue weighted by molar-refractivity contribution is 7.99. The van der Waals surface area contributed by atoms with Gasteiger partial charge in [-0.25, -0.2) is 0 Å². The Kier molecular flexibility index (Phi) is 5.46. The summed E-state index contributed by atoms with van der Waals surface area (Å²) in [4.78, 5) is 15.0. The Labute approximate surface area is 141 Å². The number of hydrogen-bond acceptors (Lipinski definition) is 5. The average molecular weight is 336 g/mol. The molecular formula is C17H24N2O3S. The molecule has 6 heteroatoms. The second kappa shape index (κ2) is 7.55. The van der Waals surface area contributed by atoms with Gasteiger partial charge in [0, 0.05) is 36.5 Å². The highest BCUT2D eigenvalue weighted by atomic mass is 32.2. The second-order valence-corrected chi connectivity index (χ2v) is 7.15. The predicted molar refractivity (Wildman–Crippen MR) is 92.4 cm³/mol. The number of carbonyl (C=O) groups excluding carboxylic acids is 1. The molecule has 1 N–H and O–H groups in total. The molecular weight excluding hydrogens is 312 g/mol. The van der Waals surface area contributed by atoms with Gasteiger partial charge in [-0.2, -0.15) is 11.8 Å². The first-order valence-electron chi connectivity index (χ1n) is 8.06. The van der Waals surface area contributed by atoms with Gasteiger partial charge in [0.25, 0.3) is 5.91 Å². The number of amides is 1. The summed E-state index contributed by atoms with van der Waals surface area (Å²) in [5.41, 5.74) is 0.718. The van der Waals surface area contributed by atoms with Gasteiger partial charge < -0.3 is 14.8 Å². The lowest BCUT2D eigenvalue weighted by Gasteiger charge is -2.43. The van der Waals surface area contributed by atoms with Crippen molar-refractivity contribution in [2.75, 3.05) is 51.5 Å². The van der Waals surface area contributed by atoms with Crippen LogP contribution in [0.2, 0.25) is 0 Å². The van der Waals surface area contributed by atoms with E-state index >= 15 is 0 Å². The minimum Gasteiger partial charge on any atom is -0.497 e. The number of ether oxygens (including phenoxy) is 2. The van der Waals surface area contributed by atoms with Crippen LogP contribution in [-0.4, -0.2) is 67.8 Å². The third kappa shape index (κ3) is 3.82. The molecule has 0 saturated carbocycles. The highest BCUT2D eigenvalue weighted by Crippen LogP contribution is 2.33. The number of morpholine rings is 1. The molecule has 3 rings (SSSR count). The first-order chi connectivity index (χ1) is 11.2. The average Bonchev–Trinajstić information content (AvgIpc) is 3.11. The third-order valence-electron chi connectivity index (χ3n) is 4.67. The summed E-state index contributed by atoms with van der Waals surface area (Å²) in [6.45, 7) is 4.17. The summed E-state index contributed by atoms with van der Waals surface area (Å²) < 4.78 is 10.7. The number of methoxy groups -OCH3 is 1. The number of thioether (sulfide) groups is 1. The molecule has 2 fully saturated rings. The van der Waals surface area contributed by atoms with Gasteiger partial charge >= 0.3 is 0 Å². The van der Waals surface area contributed by atoms with Gasteiger partial charge in [0.2, 0.25) is 0 Å². The number of nitrogens with zero attached hydrogens (tertiary/aromatic N) is 1. The van der Waals surface area contributed by atoms with Gasteiger partial charge in [-0.05, 0) is 30.4 Å². The van der Waals surface area contributed by atoms with Crippen LogP contribution < -0.4 is 10.1 Å². The molecule has 1 atom stereocenters. The largest absolute Gasteiger partial charge is 0.497 e. The minimum absolute atomic E-state index is 0.0339. The van der Waals surface area contributed by atoms with E-state index in [-0.39, 0.29) is 11.4 Å². The lowest BCUT2D eigenvalue weighted by Crippen LogP contribution is -2.59. The Hall–Kier alpha value is -1.24. The molecule has 0 bridgehead atoms. The van der Waals surface area contributed by atoms with Gasteiger partial charge in [-0.15, -0.1) is 0 Å². The fourth-order valence-electron chi connectivity index (χ4n) is 3.25. The van der Waals surface area contributed by atoms with E-state index in [4.69, 9.17) is 9.47 Å². The van der Waals surface area contributed by atoms with Crippen molar-refractivity contribution in [3.63, 3.8) is 0 Å². The second-order valence-electron chi connectivity index (χ2n) is 6.04. The fraction of sp³-hybridized carbons (Fsp3) is 0.588. The van der Waals surface area contributed by atoms with Crippen molar-refractivity contribution in [2.45, 2.75) is 12.0 Å². The van der Waals surface area contributed by atoms with Crippen molar-refractivity contribution in [3.8, 4) is 5.75 Å². The maximum atomic E-state index is 12.5. The molecule has 23 heavy (non-hydrogen) atoms. The monoisotopic (exact) mass is 336 g/mol. The van der Waals surface area contributed by atoms with Crippen LogP contribution in [-0.2, 0) is 4.74 Å². The van der Waals surface area contributed by atoms with Gasteiger partial charge in [-0.1, -0.05) is 6.07 Å². The molecule has 1 aromatic rings. The zero-order valence-electron chi connectivity index (χ0n) is 13.5. The number of carbonyl (C=O) groups is 1. The van der Waals surface area contributed by atoms with E-state index < -0.39 is 0 Å². The van der Waals surface area contributed by atoms with Crippen molar-refractivity contribution < 1.29 is 14.3 Å². The van der Waals surface area contributed by atoms with Crippen molar-refractivity contribution in [1.29, 1.82) is 0 Å². The summed E-state index contributed by atoms with van der Waals surface area (Å²) in [6.07, 6.45) is 1.12. The van der Waals surface area contributed by atoms with Crippen molar-refractivity contribution in [3.05, 3.63) is 29.8 Å². The summed E-state index contributed by atoms with van der Waals surface area (Å²) in [5.74, 6) is 2.91. The molecule has 0 unspecified atom stereocenters. The molecule has 0 aromatic heterocycles. The first kappa shape index (κ1) is 16.6. The first-order valence-corrected chi connectivity index (χ1v) is 9.22. The standard InChI is InChI=1S/C17H24N2O3S/c1-21-15-4-2-3-14(11-15)16(20)18-12-17(5-10-23-13-17)19-6-8-22-9-7-19/h2-4,11H,5-10,12-13H2,1H3,(H,18,20)/t17-/m1/s1. The molecule has 1 amide bonds. The van der Waals surface area contributed by atoms with Crippen LogP contribution in [0.5, 0.6) is 5.75 Å². The van der Waals surface area contributed by atoms with Crippen LogP contribution >= 0.6 is 11.8 Å². The predicted octanol–water partition coefficient (Wildman–Crippen LogP) is 1.63. The summed E-state index contributed by atoms with van der Waals surface area (Å²) in [7, 11) is 1.61. The van der Waals surface area contributed by atoms with Crippen LogP contribution in [0.3, 0.4) is 0 Å². The molecule has 2 heterocycles. The molecule has 0 aliphatic carbocycles. The SMILES string of the molecule is COc1cccc(C(=O)NC[C@]2(N3CCOCC3)CCSC2)c1. The third-order valence-corrected chi connectivity index (χ3v) is 5.91. The van der Waals surface area contributed by atoms with Crippen molar-refractivity contribution in [1.82, 2.24) is 10.2 Å². The molecule has 2 aliphatic rings. The number of rotatable bonds is 5. The van der Waals surface area contributed by atoms with Crippen LogP contribution in [0.4, 0.5) is 0 Å². The van der Waals surface area contributed by atoms with E-state index in [9.17, 15) is 4.79 Å². The lowest BCUT2D eigenvalue weighted by molar-refractivity contribution is -0.0129. The van der Waals surface area contributed by atoms with Crippen LogP contribution in [0, 0.1) is 0 Å². The smallest absolute Gasteiger partial charge is 0.251 e. The quantitative estimate of drug-likeness (QED) is 0.886. The maximum Gasteiger partial charge on any atom is 0.251 e. The zero-order chi connectivity index (χ0) is 16.1. The normalized spacial score (nSPS) is 25.3. The Morgan fingerprint density at radius 3 is 2.96 bits per heavy atom. The number of nitrogens with one attached hydrogen (secondary N) is 1. The van der Waals surface area contributed by atoms with E-state index in [2.05, 4.69) is 10.2 Å². The van der Waals surface area contributed by atoms with E-state index in [1.54, 1.807) is 13.2 Å².